The fourth-order valence-electron chi connectivity index (χ4n) is 1.01. The number of hydrogen-bond donors (Lipinski definition) is 1. The molecule has 0 amide bonds. The summed E-state index contributed by atoms with van der Waals surface area (Å²) in [6, 6.07) is 3.21. The van der Waals surface area contributed by atoms with E-state index in [-0.39, 0.29) is 13.2 Å². The Bertz CT molecular complexity index is 314. The molecule has 6 heteroatoms. The Kier molecular flexibility index (Phi) is 4.05. The third-order valence-corrected chi connectivity index (χ3v) is 1.62. The van der Waals surface area contributed by atoms with Crippen molar-refractivity contribution in [3.63, 3.8) is 0 Å². The van der Waals surface area contributed by atoms with Crippen molar-refractivity contribution in [2.24, 2.45) is 5.73 Å². The van der Waals surface area contributed by atoms with E-state index >= 15 is 0 Å². The number of rotatable bonds is 4. The number of alkyl halides is 3. The molecule has 1 heterocycles. The molecule has 1 aromatic rings. The number of nitrogens with zero attached hydrogens (tertiary/aromatic N) is 1. The van der Waals surface area contributed by atoms with Gasteiger partial charge in [0.1, 0.15) is 6.61 Å². The van der Waals surface area contributed by atoms with Crippen LogP contribution >= 0.6 is 0 Å². The lowest BCUT2D eigenvalue weighted by Crippen LogP contribution is -2.16. The minimum atomic E-state index is -4.29. The van der Waals surface area contributed by atoms with Crippen LogP contribution in [-0.4, -0.2) is 17.8 Å². The highest BCUT2D eigenvalue weighted by molar-refractivity contribution is 5.15. The fraction of sp³-hybridized carbons (Fsp3) is 0.444. The molecule has 2 N–H and O–H groups in total. The summed E-state index contributed by atoms with van der Waals surface area (Å²) >= 11 is 0. The fourth-order valence-corrected chi connectivity index (χ4v) is 1.01. The first-order valence-electron chi connectivity index (χ1n) is 4.29. The second kappa shape index (κ2) is 5.09. The molecule has 0 saturated carbocycles. The summed E-state index contributed by atoms with van der Waals surface area (Å²) in [6.45, 7) is -1.07. The van der Waals surface area contributed by atoms with Crippen molar-refractivity contribution in [3.05, 3.63) is 29.6 Å². The molecule has 0 atom stereocenters. The average molecular weight is 220 g/mol. The van der Waals surface area contributed by atoms with Crippen molar-refractivity contribution in [3.8, 4) is 0 Å². The molecule has 0 aliphatic heterocycles. The summed E-state index contributed by atoms with van der Waals surface area (Å²) in [5.41, 5.74) is 6.60. The monoisotopic (exact) mass is 220 g/mol. The van der Waals surface area contributed by atoms with Gasteiger partial charge < -0.3 is 10.5 Å². The number of pyridine rings is 1. The second-order valence-corrected chi connectivity index (χ2v) is 2.97. The average Bonchev–Trinajstić information content (AvgIpc) is 2.16. The standard InChI is InChI=1S/C9H11F3N2O/c10-9(11,12)6-15-5-7-1-2-14-8(3-7)4-13/h1-3H,4-6,13H2. The Hall–Kier alpha value is -1.14. The van der Waals surface area contributed by atoms with E-state index in [2.05, 4.69) is 9.72 Å². The van der Waals surface area contributed by atoms with E-state index in [0.717, 1.165) is 0 Å². The van der Waals surface area contributed by atoms with Gasteiger partial charge in [-0.1, -0.05) is 0 Å². The first-order valence-corrected chi connectivity index (χ1v) is 4.29. The largest absolute Gasteiger partial charge is 0.411 e. The number of nitrogens with two attached hydrogens (primary N) is 1. The summed E-state index contributed by atoms with van der Waals surface area (Å²) in [4.78, 5) is 3.91. The van der Waals surface area contributed by atoms with Crippen LogP contribution in [0.15, 0.2) is 18.3 Å². The maximum absolute atomic E-state index is 11.7. The summed E-state index contributed by atoms with van der Waals surface area (Å²) in [7, 11) is 0. The first-order chi connectivity index (χ1) is 7.01. The molecule has 0 aliphatic carbocycles. The molecule has 0 radical (unpaired) electrons. The van der Waals surface area contributed by atoms with E-state index in [1.165, 1.54) is 6.20 Å². The van der Waals surface area contributed by atoms with Gasteiger partial charge in [0.05, 0.1) is 12.3 Å². The van der Waals surface area contributed by atoms with Gasteiger partial charge in [-0.2, -0.15) is 13.2 Å². The predicted octanol–water partition coefficient (Wildman–Crippen LogP) is 1.62. The highest BCUT2D eigenvalue weighted by Crippen LogP contribution is 2.15. The Balaban J connectivity index is 2.44. The molecule has 1 aromatic heterocycles. The molecule has 0 aromatic carbocycles. The van der Waals surface area contributed by atoms with Crippen molar-refractivity contribution in [2.45, 2.75) is 19.3 Å². The third kappa shape index (κ3) is 4.75. The number of ether oxygens (including phenoxy) is 1. The van der Waals surface area contributed by atoms with Crippen LogP contribution in [0, 0.1) is 0 Å². The Labute approximate surface area is 85.1 Å². The lowest BCUT2D eigenvalue weighted by Gasteiger charge is -2.07. The van der Waals surface area contributed by atoms with Gasteiger partial charge in [0.15, 0.2) is 0 Å². The molecule has 84 valence electrons. The Morgan fingerprint density at radius 2 is 2.13 bits per heavy atom. The zero-order valence-electron chi connectivity index (χ0n) is 7.92. The topological polar surface area (TPSA) is 48.1 Å². The van der Waals surface area contributed by atoms with Crippen LogP contribution in [0.1, 0.15) is 11.3 Å². The smallest absolute Gasteiger partial charge is 0.367 e. The van der Waals surface area contributed by atoms with Gasteiger partial charge in [-0.25, -0.2) is 0 Å². The van der Waals surface area contributed by atoms with Crippen LogP contribution in [0.3, 0.4) is 0 Å². The molecular weight excluding hydrogens is 209 g/mol. The van der Waals surface area contributed by atoms with Gasteiger partial charge in [-0.3, -0.25) is 4.98 Å². The van der Waals surface area contributed by atoms with Gasteiger partial charge in [-0.15, -0.1) is 0 Å². The second-order valence-electron chi connectivity index (χ2n) is 2.97. The van der Waals surface area contributed by atoms with Crippen LogP contribution < -0.4 is 5.73 Å². The van der Waals surface area contributed by atoms with Crippen LogP contribution in [0.4, 0.5) is 13.2 Å². The van der Waals surface area contributed by atoms with E-state index < -0.39 is 12.8 Å². The number of hydrogen-bond acceptors (Lipinski definition) is 3. The Morgan fingerprint density at radius 3 is 2.73 bits per heavy atom. The van der Waals surface area contributed by atoms with Crippen molar-refractivity contribution in [2.75, 3.05) is 6.61 Å². The molecule has 3 nitrogen and oxygen atoms in total. The van der Waals surface area contributed by atoms with Gasteiger partial charge in [0.2, 0.25) is 0 Å². The third-order valence-electron chi connectivity index (χ3n) is 1.62. The molecule has 0 unspecified atom stereocenters. The SMILES string of the molecule is NCc1cc(COCC(F)(F)F)ccn1. The van der Waals surface area contributed by atoms with Crippen LogP contribution in [0.2, 0.25) is 0 Å². The lowest BCUT2D eigenvalue weighted by molar-refractivity contribution is -0.176. The summed E-state index contributed by atoms with van der Waals surface area (Å²) < 4.78 is 39.7. The van der Waals surface area contributed by atoms with Gasteiger partial charge >= 0.3 is 6.18 Å². The molecule has 1 rings (SSSR count). The molecule has 0 spiro atoms. The van der Waals surface area contributed by atoms with E-state index in [4.69, 9.17) is 5.73 Å². The van der Waals surface area contributed by atoms with Crippen molar-refractivity contribution >= 4 is 0 Å². The summed E-state index contributed by atoms with van der Waals surface area (Å²) in [6.07, 6.45) is -2.79. The highest BCUT2D eigenvalue weighted by Gasteiger charge is 2.27. The Morgan fingerprint density at radius 1 is 1.40 bits per heavy atom. The van der Waals surface area contributed by atoms with E-state index in [1.807, 2.05) is 0 Å². The minimum absolute atomic E-state index is 0.0883. The quantitative estimate of drug-likeness (QED) is 0.838. The van der Waals surface area contributed by atoms with Gasteiger partial charge in [0.25, 0.3) is 0 Å². The summed E-state index contributed by atoms with van der Waals surface area (Å²) in [5, 5.41) is 0. The van der Waals surface area contributed by atoms with Gasteiger partial charge in [-0.05, 0) is 17.7 Å². The van der Waals surface area contributed by atoms with Crippen molar-refractivity contribution in [1.29, 1.82) is 0 Å². The van der Waals surface area contributed by atoms with E-state index in [1.54, 1.807) is 12.1 Å². The maximum atomic E-state index is 11.7. The zero-order valence-corrected chi connectivity index (χ0v) is 7.92. The molecule has 15 heavy (non-hydrogen) atoms. The number of aromatic nitrogens is 1. The highest BCUT2D eigenvalue weighted by atomic mass is 19.4. The molecule has 0 bridgehead atoms. The lowest BCUT2D eigenvalue weighted by atomic mass is 10.2. The van der Waals surface area contributed by atoms with Crippen molar-refractivity contribution < 1.29 is 17.9 Å². The van der Waals surface area contributed by atoms with E-state index in [9.17, 15) is 13.2 Å². The zero-order chi connectivity index (χ0) is 11.3. The molecular formula is C9H11F3N2O. The van der Waals surface area contributed by atoms with Crippen LogP contribution in [-0.2, 0) is 17.9 Å². The normalized spacial score (nSPS) is 11.7. The van der Waals surface area contributed by atoms with Crippen LogP contribution in [0.5, 0.6) is 0 Å². The van der Waals surface area contributed by atoms with E-state index in [0.29, 0.717) is 11.3 Å². The van der Waals surface area contributed by atoms with Gasteiger partial charge in [0, 0.05) is 12.7 Å². The first kappa shape index (κ1) is 11.9. The predicted molar refractivity (Wildman–Crippen MR) is 47.8 cm³/mol. The minimum Gasteiger partial charge on any atom is -0.367 e. The van der Waals surface area contributed by atoms with Crippen molar-refractivity contribution in [1.82, 2.24) is 4.98 Å². The number of halogens is 3. The molecule has 0 aliphatic rings. The van der Waals surface area contributed by atoms with Crippen LogP contribution in [0.25, 0.3) is 0 Å². The molecule has 0 saturated heterocycles. The summed E-state index contributed by atoms with van der Waals surface area (Å²) in [5.74, 6) is 0. The maximum Gasteiger partial charge on any atom is 0.411 e. The molecule has 0 fully saturated rings.